The summed E-state index contributed by atoms with van der Waals surface area (Å²) in [5, 5.41) is 12.1. The summed E-state index contributed by atoms with van der Waals surface area (Å²) in [5.74, 6) is -0.830. The zero-order chi connectivity index (χ0) is 23.0. The highest BCUT2D eigenvalue weighted by Gasteiger charge is 2.43. The maximum Gasteiger partial charge on any atom is 0.414 e. The molecular formula is C22H14F3N5OS2. The molecular weight excluding hydrogens is 471 g/mol. The Balaban J connectivity index is 1.41. The smallest absolute Gasteiger partial charge is 0.335 e. The van der Waals surface area contributed by atoms with Crippen LogP contribution in [-0.4, -0.2) is 31.7 Å². The Kier molecular flexibility index (Phi) is 5.43. The molecule has 0 saturated carbocycles. The van der Waals surface area contributed by atoms with E-state index in [1.807, 2.05) is 23.0 Å². The fourth-order valence-electron chi connectivity index (χ4n) is 3.33. The van der Waals surface area contributed by atoms with Crippen molar-refractivity contribution < 1.29 is 18.0 Å². The van der Waals surface area contributed by atoms with Crippen molar-refractivity contribution in [3.8, 4) is 22.3 Å². The van der Waals surface area contributed by atoms with Gasteiger partial charge in [-0.05, 0) is 51.5 Å². The molecule has 33 heavy (non-hydrogen) atoms. The minimum atomic E-state index is -4.68. The molecule has 1 unspecified atom stereocenters. The lowest BCUT2D eigenvalue weighted by molar-refractivity contribution is -0.156. The van der Waals surface area contributed by atoms with Gasteiger partial charge in [0.15, 0.2) is 11.7 Å². The van der Waals surface area contributed by atoms with Gasteiger partial charge in [-0.25, -0.2) is 9.50 Å². The molecule has 1 N–H and O–H groups in total. The maximum absolute atomic E-state index is 13.5. The van der Waals surface area contributed by atoms with E-state index in [1.54, 1.807) is 33.6 Å². The first-order valence-electron chi connectivity index (χ1n) is 9.63. The lowest BCUT2D eigenvalue weighted by Crippen LogP contribution is -2.38. The summed E-state index contributed by atoms with van der Waals surface area (Å²) in [6, 6.07) is 5.51. The Bertz CT molecular complexity index is 1410. The highest BCUT2D eigenvalue weighted by Crippen LogP contribution is 2.33. The van der Waals surface area contributed by atoms with Crippen LogP contribution in [-0.2, 0) is 0 Å². The van der Waals surface area contributed by atoms with Crippen molar-refractivity contribution in [3.63, 3.8) is 0 Å². The molecule has 5 aromatic heterocycles. The average molecular weight is 486 g/mol. The zero-order valence-corrected chi connectivity index (χ0v) is 18.3. The number of amides is 1. The van der Waals surface area contributed by atoms with Crippen LogP contribution in [0.3, 0.4) is 0 Å². The molecule has 1 atom stereocenters. The molecule has 11 heteroatoms. The third-order valence-corrected chi connectivity index (χ3v) is 6.54. The minimum absolute atomic E-state index is 0.143. The summed E-state index contributed by atoms with van der Waals surface area (Å²) in [6.45, 7) is 0. The van der Waals surface area contributed by atoms with Crippen LogP contribution >= 0.6 is 22.7 Å². The van der Waals surface area contributed by atoms with Gasteiger partial charge in [0.05, 0.1) is 16.8 Å². The Morgan fingerprint density at radius 1 is 1.06 bits per heavy atom. The van der Waals surface area contributed by atoms with Crippen molar-refractivity contribution in [2.75, 3.05) is 0 Å². The highest BCUT2D eigenvalue weighted by molar-refractivity contribution is 7.12. The number of carbonyl (C=O) groups excluding carboxylic acids is 1. The first-order chi connectivity index (χ1) is 15.9. The molecule has 0 aliphatic carbocycles. The third-order valence-electron chi connectivity index (χ3n) is 4.93. The third kappa shape index (κ3) is 4.24. The van der Waals surface area contributed by atoms with Crippen LogP contribution in [0.15, 0.2) is 71.3 Å². The number of hydrogen-bond donors (Lipinski definition) is 1. The lowest BCUT2D eigenvalue weighted by atomic mass is 10.1. The Morgan fingerprint density at radius 3 is 2.67 bits per heavy atom. The maximum atomic E-state index is 13.5. The van der Waals surface area contributed by atoms with Gasteiger partial charge in [-0.15, -0.1) is 11.3 Å². The molecule has 0 radical (unpaired) electrons. The molecule has 6 nitrogen and oxygen atoms in total. The SMILES string of the molecule is O=C(NC(c1ccccn1)C(F)(F)F)c1cc(-c2cnn3cc(-c4ccsc4)cnc23)cs1. The van der Waals surface area contributed by atoms with Crippen LogP contribution in [0, 0.1) is 0 Å². The van der Waals surface area contributed by atoms with Crippen LogP contribution in [0.4, 0.5) is 13.2 Å². The quantitative estimate of drug-likeness (QED) is 0.351. The molecule has 0 bridgehead atoms. The van der Waals surface area contributed by atoms with Crippen LogP contribution < -0.4 is 5.32 Å². The van der Waals surface area contributed by atoms with Gasteiger partial charge < -0.3 is 5.32 Å². The first kappa shape index (κ1) is 21.3. The number of aromatic nitrogens is 4. The van der Waals surface area contributed by atoms with E-state index >= 15 is 0 Å². The van der Waals surface area contributed by atoms with E-state index < -0.39 is 18.1 Å². The van der Waals surface area contributed by atoms with Crippen molar-refractivity contribution in [3.05, 3.63) is 81.8 Å². The largest absolute Gasteiger partial charge is 0.414 e. The van der Waals surface area contributed by atoms with E-state index in [2.05, 4.69) is 20.4 Å². The summed E-state index contributed by atoms with van der Waals surface area (Å²) in [5.41, 5.74) is 3.59. The number of thiophene rings is 2. The Labute approximate surface area is 193 Å². The van der Waals surface area contributed by atoms with E-state index in [0.717, 1.165) is 22.5 Å². The van der Waals surface area contributed by atoms with Gasteiger partial charge >= 0.3 is 6.18 Å². The second kappa shape index (κ2) is 8.41. The number of rotatable bonds is 5. The summed E-state index contributed by atoms with van der Waals surface area (Å²) >= 11 is 2.63. The topological polar surface area (TPSA) is 72.2 Å². The predicted molar refractivity (Wildman–Crippen MR) is 120 cm³/mol. The van der Waals surface area contributed by atoms with E-state index in [1.165, 1.54) is 30.5 Å². The number of fused-ring (bicyclic) bond motifs is 1. The average Bonchev–Trinajstić information content (AvgIpc) is 3.57. The van der Waals surface area contributed by atoms with E-state index in [4.69, 9.17) is 0 Å². The summed E-state index contributed by atoms with van der Waals surface area (Å²) in [4.78, 5) is 21.0. The van der Waals surface area contributed by atoms with Gasteiger partial charge in [0.25, 0.3) is 5.91 Å². The normalized spacial score (nSPS) is 12.7. The first-order valence-corrected chi connectivity index (χ1v) is 11.5. The van der Waals surface area contributed by atoms with Gasteiger partial charge in [0, 0.05) is 29.7 Å². The summed E-state index contributed by atoms with van der Waals surface area (Å²) in [7, 11) is 0. The minimum Gasteiger partial charge on any atom is -0.335 e. The second-order valence-corrected chi connectivity index (χ2v) is 8.77. The predicted octanol–water partition coefficient (Wildman–Crippen LogP) is 5.61. The van der Waals surface area contributed by atoms with Gasteiger partial charge in [-0.2, -0.15) is 29.6 Å². The van der Waals surface area contributed by atoms with Crippen LogP contribution in [0.1, 0.15) is 21.4 Å². The zero-order valence-electron chi connectivity index (χ0n) is 16.7. The Hall–Kier alpha value is -3.57. The molecule has 0 aromatic carbocycles. The Morgan fingerprint density at radius 2 is 1.94 bits per heavy atom. The molecule has 166 valence electrons. The number of hydrogen-bond acceptors (Lipinski definition) is 6. The molecule has 1 amide bonds. The number of nitrogens with zero attached hydrogens (tertiary/aromatic N) is 4. The molecule has 5 rings (SSSR count). The number of nitrogens with one attached hydrogen (secondary N) is 1. The van der Waals surface area contributed by atoms with Crippen molar-refractivity contribution >= 4 is 34.2 Å². The van der Waals surface area contributed by atoms with Crippen LogP contribution in [0.5, 0.6) is 0 Å². The molecule has 0 aliphatic rings. The monoisotopic (exact) mass is 485 g/mol. The molecule has 5 aromatic rings. The summed E-state index contributed by atoms with van der Waals surface area (Å²) in [6.07, 6.45) is 1.79. The molecule has 0 saturated heterocycles. The molecule has 0 fully saturated rings. The lowest BCUT2D eigenvalue weighted by Gasteiger charge is -2.20. The van der Waals surface area contributed by atoms with Gasteiger partial charge in [0.2, 0.25) is 0 Å². The fourth-order valence-corrected chi connectivity index (χ4v) is 4.80. The van der Waals surface area contributed by atoms with Gasteiger partial charge in [-0.3, -0.25) is 9.78 Å². The van der Waals surface area contributed by atoms with Gasteiger partial charge in [0.1, 0.15) is 0 Å². The number of halogens is 3. The number of pyridine rings is 1. The standard InChI is InChI=1S/C22H14F3N5OS2/c23-22(24,25)19(17-3-1-2-5-26-17)29-21(31)18-7-14(12-33-18)16-9-28-30-10-15(8-27-20(16)30)13-4-6-32-11-13/h1-12,19H,(H,29,31). The second-order valence-electron chi connectivity index (χ2n) is 7.08. The van der Waals surface area contributed by atoms with Crippen molar-refractivity contribution in [2.45, 2.75) is 12.2 Å². The number of alkyl halides is 3. The van der Waals surface area contributed by atoms with E-state index in [9.17, 15) is 18.0 Å². The van der Waals surface area contributed by atoms with E-state index in [-0.39, 0.29) is 10.6 Å². The van der Waals surface area contributed by atoms with Crippen LogP contribution in [0.25, 0.3) is 27.9 Å². The van der Waals surface area contributed by atoms with Crippen LogP contribution in [0.2, 0.25) is 0 Å². The van der Waals surface area contributed by atoms with Gasteiger partial charge in [-0.1, -0.05) is 6.07 Å². The number of carbonyl (C=O) groups is 1. The fraction of sp³-hybridized carbons (Fsp3) is 0.0909. The molecule has 0 aliphatic heterocycles. The van der Waals surface area contributed by atoms with Crippen molar-refractivity contribution in [1.82, 2.24) is 24.9 Å². The highest BCUT2D eigenvalue weighted by atomic mass is 32.1. The van der Waals surface area contributed by atoms with E-state index in [0.29, 0.717) is 16.8 Å². The van der Waals surface area contributed by atoms with Crippen molar-refractivity contribution in [1.29, 1.82) is 0 Å². The van der Waals surface area contributed by atoms with Crippen molar-refractivity contribution in [2.24, 2.45) is 0 Å². The summed E-state index contributed by atoms with van der Waals surface area (Å²) < 4.78 is 42.3. The molecule has 5 heterocycles. The molecule has 0 spiro atoms.